The summed E-state index contributed by atoms with van der Waals surface area (Å²) < 4.78 is 29.5. The minimum atomic E-state index is -0.815. The molecule has 0 saturated carbocycles. The quantitative estimate of drug-likeness (QED) is 0.338. The van der Waals surface area contributed by atoms with Crippen LogP contribution in [0.4, 0.5) is 10.2 Å². The van der Waals surface area contributed by atoms with Crippen molar-refractivity contribution in [3.63, 3.8) is 0 Å². The van der Waals surface area contributed by atoms with Gasteiger partial charge in [-0.25, -0.2) is 18.4 Å². The van der Waals surface area contributed by atoms with E-state index < -0.39 is 23.3 Å². The minimum Gasteiger partial charge on any atom is -0.378 e. The van der Waals surface area contributed by atoms with E-state index in [9.17, 15) is 18.8 Å². The van der Waals surface area contributed by atoms with Crippen molar-refractivity contribution in [3.8, 4) is 17.2 Å². The fourth-order valence-corrected chi connectivity index (χ4v) is 3.57. The zero-order valence-electron chi connectivity index (χ0n) is 17.1. The van der Waals surface area contributed by atoms with Crippen LogP contribution in [-0.2, 0) is 14.3 Å². The number of ether oxygens (including phenoxy) is 1. The molecule has 14 heteroatoms. The maximum absolute atomic E-state index is 13.6. The second-order valence-electron chi connectivity index (χ2n) is 7.03. The van der Waals surface area contributed by atoms with Crippen LogP contribution >= 0.6 is 15.9 Å². The second kappa shape index (κ2) is 10.0. The first-order valence-electron chi connectivity index (χ1n) is 9.96. The molecule has 1 amide bonds. The molecule has 1 aromatic carbocycles. The van der Waals surface area contributed by atoms with E-state index in [4.69, 9.17) is 13.9 Å². The zero-order chi connectivity index (χ0) is 23.4. The van der Waals surface area contributed by atoms with Crippen LogP contribution in [-0.4, -0.2) is 69.5 Å². The maximum Gasteiger partial charge on any atom is 0.446 e. The standard InChI is InChI=1S/C19H18BrFN6O6/c20-12-10-11(3-4-13(12)21)27-17(25-32-19(27)30)15-16(24-33-23-15)22-5-1-2-14(28)18(29)26-6-8-31-9-7-26/h3-4,10H,1-2,5-9H2,(H,22,24). The van der Waals surface area contributed by atoms with Gasteiger partial charge in [0.1, 0.15) is 5.82 Å². The number of amides is 1. The molecule has 0 atom stereocenters. The van der Waals surface area contributed by atoms with Gasteiger partial charge in [0.25, 0.3) is 5.91 Å². The SMILES string of the molecule is O=C(CCCNc1nonc1-c1noc(=O)n1-c1ccc(F)c(Br)c1)C(=O)N1CCOCC1. The number of anilines is 1. The third-order valence-corrected chi connectivity index (χ3v) is 5.48. The Morgan fingerprint density at radius 1 is 1.18 bits per heavy atom. The molecule has 0 radical (unpaired) electrons. The summed E-state index contributed by atoms with van der Waals surface area (Å²) in [7, 11) is 0. The Bertz CT molecular complexity index is 1220. The molecule has 3 aromatic rings. The van der Waals surface area contributed by atoms with Crippen molar-refractivity contribution in [1.29, 1.82) is 0 Å². The number of benzene rings is 1. The van der Waals surface area contributed by atoms with Gasteiger partial charge in [-0.2, -0.15) is 0 Å². The number of nitrogens with zero attached hydrogens (tertiary/aromatic N) is 5. The van der Waals surface area contributed by atoms with Gasteiger partial charge in [0.2, 0.25) is 17.4 Å². The summed E-state index contributed by atoms with van der Waals surface area (Å²) in [4.78, 5) is 38.0. The van der Waals surface area contributed by atoms with Crippen LogP contribution < -0.4 is 11.1 Å². The Morgan fingerprint density at radius 3 is 2.73 bits per heavy atom. The van der Waals surface area contributed by atoms with Crippen LogP contribution in [0.2, 0.25) is 0 Å². The molecule has 0 bridgehead atoms. The molecule has 2 aromatic heterocycles. The number of ketones is 1. The fourth-order valence-electron chi connectivity index (χ4n) is 3.21. The molecule has 0 spiro atoms. The van der Waals surface area contributed by atoms with Crippen LogP contribution in [0.15, 0.2) is 36.6 Å². The predicted molar refractivity (Wildman–Crippen MR) is 113 cm³/mol. The van der Waals surface area contributed by atoms with Crippen molar-refractivity contribution in [1.82, 2.24) is 24.9 Å². The summed E-state index contributed by atoms with van der Waals surface area (Å²) >= 11 is 3.07. The molecule has 33 heavy (non-hydrogen) atoms. The summed E-state index contributed by atoms with van der Waals surface area (Å²) in [5, 5.41) is 14.2. The number of Topliss-reactive ketones (excluding diaryl/α,β-unsaturated/α-hetero) is 1. The number of rotatable bonds is 8. The average molecular weight is 525 g/mol. The van der Waals surface area contributed by atoms with E-state index in [1.807, 2.05) is 0 Å². The Hall–Kier alpha value is -3.39. The molecular weight excluding hydrogens is 507 g/mol. The molecule has 0 aliphatic carbocycles. The predicted octanol–water partition coefficient (Wildman–Crippen LogP) is 1.40. The van der Waals surface area contributed by atoms with Crippen LogP contribution in [0.25, 0.3) is 17.2 Å². The molecule has 1 saturated heterocycles. The van der Waals surface area contributed by atoms with E-state index in [0.29, 0.717) is 32.7 Å². The van der Waals surface area contributed by atoms with Gasteiger partial charge in [0, 0.05) is 26.1 Å². The summed E-state index contributed by atoms with van der Waals surface area (Å²) in [6.07, 6.45) is 0.389. The van der Waals surface area contributed by atoms with Crippen molar-refractivity contribution in [2.45, 2.75) is 12.8 Å². The second-order valence-corrected chi connectivity index (χ2v) is 7.88. The van der Waals surface area contributed by atoms with Crippen LogP contribution in [0.5, 0.6) is 0 Å². The number of halogens is 2. The van der Waals surface area contributed by atoms with E-state index in [1.54, 1.807) is 0 Å². The van der Waals surface area contributed by atoms with Gasteiger partial charge in [0.15, 0.2) is 5.69 Å². The van der Waals surface area contributed by atoms with Gasteiger partial charge in [-0.1, -0.05) is 5.16 Å². The van der Waals surface area contributed by atoms with Gasteiger partial charge in [-0.05, 0) is 50.9 Å². The zero-order valence-corrected chi connectivity index (χ0v) is 18.7. The Morgan fingerprint density at radius 2 is 1.97 bits per heavy atom. The summed E-state index contributed by atoms with van der Waals surface area (Å²) in [6, 6.07) is 3.94. The van der Waals surface area contributed by atoms with Gasteiger partial charge in [-0.15, -0.1) is 0 Å². The fraction of sp³-hybridized carbons (Fsp3) is 0.368. The topological polar surface area (TPSA) is 146 Å². The van der Waals surface area contributed by atoms with Crippen molar-refractivity contribution in [2.75, 3.05) is 38.2 Å². The van der Waals surface area contributed by atoms with Crippen molar-refractivity contribution >= 4 is 33.4 Å². The largest absolute Gasteiger partial charge is 0.446 e. The highest BCUT2D eigenvalue weighted by Gasteiger charge is 2.25. The highest BCUT2D eigenvalue weighted by atomic mass is 79.9. The first-order chi connectivity index (χ1) is 16.0. The van der Waals surface area contributed by atoms with E-state index in [2.05, 4.69) is 36.7 Å². The number of carbonyl (C=O) groups is 2. The van der Waals surface area contributed by atoms with E-state index >= 15 is 0 Å². The number of nitrogens with one attached hydrogen (secondary N) is 1. The summed E-state index contributed by atoms with van der Waals surface area (Å²) in [6.45, 7) is 1.92. The number of hydrogen-bond acceptors (Lipinski definition) is 10. The summed E-state index contributed by atoms with van der Waals surface area (Å²) in [5.74, 6) is -2.17. The molecule has 174 valence electrons. The van der Waals surface area contributed by atoms with Crippen LogP contribution in [0.3, 0.4) is 0 Å². The van der Waals surface area contributed by atoms with Crippen molar-refractivity contribution in [3.05, 3.63) is 39.0 Å². The molecule has 1 aliphatic heterocycles. The van der Waals surface area contributed by atoms with Gasteiger partial charge < -0.3 is 15.0 Å². The van der Waals surface area contributed by atoms with Crippen LogP contribution in [0.1, 0.15) is 12.8 Å². The summed E-state index contributed by atoms with van der Waals surface area (Å²) in [5.41, 5.74) is 0.364. The molecule has 0 unspecified atom stereocenters. The monoisotopic (exact) mass is 524 g/mol. The lowest BCUT2D eigenvalue weighted by Gasteiger charge is -2.26. The van der Waals surface area contributed by atoms with Gasteiger partial charge >= 0.3 is 5.76 Å². The molecule has 1 fully saturated rings. The number of hydrogen-bond donors (Lipinski definition) is 1. The molecule has 4 rings (SSSR count). The Labute approximate surface area is 193 Å². The van der Waals surface area contributed by atoms with Gasteiger partial charge in [0.05, 0.1) is 23.4 Å². The first-order valence-corrected chi connectivity index (χ1v) is 10.8. The third kappa shape index (κ3) is 5.01. The molecule has 1 N–H and O–H groups in total. The minimum absolute atomic E-state index is 0.0131. The maximum atomic E-state index is 13.6. The van der Waals surface area contributed by atoms with E-state index in [-0.39, 0.29) is 40.5 Å². The lowest BCUT2D eigenvalue weighted by Crippen LogP contribution is -2.44. The highest BCUT2D eigenvalue weighted by Crippen LogP contribution is 2.26. The molecule has 1 aliphatic rings. The van der Waals surface area contributed by atoms with E-state index in [1.165, 1.54) is 23.1 Å². The third-order valence-electron chi connectivity index (χ3n) is 4.88. The molecule has 3 heterocycles. The smallest absolute Gasteiger partial charge is 0.378 e. The van der Waals surface area contributed by atoms with Gasteiger partial charge in [-0.3, -0.25) is 14.1 Å². The van der Waals surface area contributed by atoms with Crippen molar-refractivity contribution in [2.24, 2.45) is 0 Å². The number of carbonyl (C=O) groups excluding carboxylic acids is 2. The molecule has 12 nitrogen and oxygen atoms in total. The lowest BCUT2D eigenvalue weighted by atomic mass is 10.2. The average Bonchev–Trinajstić information content (AvgIpc) is 3.44. The number of morpholine rings is 1. The Balaban J connectivity index is 1.41. The van der Waals surface area contributed by atoms with Crippen LogP contribution in [0, 0.1) is 5.82 Å². The first kappa shape index (κ1) is 22.8. The Kier molecular flexibility index (Phi) is 6.93. The van der Waals surface area contributed by atoms with E-state index in [0.717, 1.165) is 4.57 Å². The number of aromatic nitrogens is 4. The van der Waals surface area contributed by atoms with Crippen molar-refractivity contribution < 1.29 is 27.9 Å². The normalized spacial score (nSPS) is 13.8. The lowest BCUT2D eigenvalue weighted by molar-refractivity contribution is -0.147. The highest BCUT2D eigenvalue weighted by molar-refractivity contribution is 9.10. The molecular formula is C19H18BrFN6O6.